The fourth-order valence-electron chi connectivity index (χ4n) is 2.36. The van der Waals surface area contributed by atoms with Gasteiger partial charge in [-0.15, -0.1) is 0 Å². The first kappa shape index (κ1) is 15.8. The second-order valence-corrected chi connectivity index (χ2v) is 5.12. The quantitative estimate of drug-likeness (QED) is 0.633. The van der Waals surface area contributed by atoms with E-state index in [1.165, 1.54) is 19.2 Å². The Morgan fingerprint density at radius 3 is 2.46 bits per heavy atom. The highest BCUT2D eigenvalue weighted by atomic mass is 19.1. The molecule has 0 fully saturated rings. The van der Waals surface area contributed by atoms with Crippen molar-refractivity contribution in [2.45, 2.75) is 0 Å². The van der Waals surface area contributed by atoms with Gasteiger partial charge in [-0.2, -0.15) is 0 Å². The second kappa shape index (κ2) is 6.58. The molecule has 0 aromatic heterocycles. The van der Waals surface area contributed by atoms with E-state index in [2.05, 4.69) is 0 Å². The molecule has 0 aliphatic carbocycles. The molecule has 0 unspecified atom stereocenters. The Kier molecular flexibility index (Phi) is 4.33. The van der Waals surface area contributed by atoms with Crippen LogP contribution >= 0.6 is 0 Å². The van der Waals surface area contributed by atoms with E-state index in [1.807, 2.05) is 0 Å². The summed E-state index contributed by atoms with van der Waals surface area (Å²) in [5.74, 6) is 0.782. The second-order valence-electron chi connectivity index (χ2n) is 5.12. The van der Waals surface area contributed by atoms with Crippen molar-refractivity contribution < 1.29 is 23.4 Å². The number of benzene rings is 2. The van der Waals surface area contributed by atoms with Gasteiger partial charge in [-0.25, -0.2) is 9.18 Å². The summed E-state index contributed by atoms with van der Waals surface area (Å²) >= 11 is 0. The number of methoxy groups -OCH3 is 2. The van der Waals surface area contributed by atoms with Crippen molar-refractivity contribution in [2.24, 2.45) is 0 Å². The zero-order chi connectivity index (χ0) is 17.1. The van der Waals surface area contributed by atoms with Crippen LogP contribution in [0.1, 0.15) is 11.1 Å². The molecule has 0 saturated carbocycles. The van der Waals surface area contributed by atoms with Gasteiger partial charge in [0.15, 0.2) is 0 Å². The van der Waals surface area contributed by atoms with E-state index in [9.17, 15) is 9.18 Å². The van der Waals surface area contributed by atoms with Gasteiger partial charge in [-0.3, -0.25) is 0 Å². The number of esters is 1. The topological polar surface area (TPSA) is 44.8 Å². The standard InChI is InChI=1S/C19H15FO4/c1-22-15-7-8-16(17(11-15)23-2)18-10-13(19(21)24-18)9-12-3-5-14(20)6-4-12/h3-11H,1-2H3/b13-9+. The summed E-state index contributed by atoms with van der Waals surface area (Å²) in [7, 11) is 3.09. The van der Waals surface area contributed by atoms with Gasteiger partial charge in [0.25, 0.3) is 0 Å². The molecule has 0 atom stereocenters. The number of ether oxygens (including phenoxy) is 3. The van der Waals surface area contributed by atoms with Crippen LogP contribution in [0.3, 0.4) is 0 Å². The van der Waals surface area contributed by atoms with Crippen LogP contribution in [0.5, 0.6) is 11.5 Å². The van der Waals surface area contributed by atoms with Crippen LogP contribution in [0.4, 0.5) is 4.39 Å². The average molecular weight is 326 g/mol. The molecule has 2 aromatic carbocycles. The van der Waals surface area contributed by atoms with Crippen molar-refractivity contribution in [3.8, 4) is 11.5 Å². The average Bonchev–Trinajstić information content (AvgIpc) is 2.96. The fraction of sp³-hybridized carbons (Fsp3) is 0.105. The van der Waals surface area contributed by atoms with Crippen LogP contribution in [0, 0.1) is 5.82 Å². The minimum absolute atomic E-state index is 0.328. The molecule has 1 aliphatic heterocycles. The van der Waals surface area contributed by atoms with Gasteiger partial charge in [0.1, 0.15) is 23.1 Å². The molecule has 4 nitrogen and oxygen atoms in total. The molecule has 5 heteroatoms. The molecule has 0 N–H and O–H groups in total. The van der Waals surface area contributed by atoms with Gasteiger partial charge < -0.3 is 14.2 Å². The van der Waals surface area contributed by atoms with Crippen LogP contribution in [0.25, 0.3) is 11.8 Å². The molecule has 0 saturated heterocycles. The highest BCUT2D eigenvalue weighted by Crippen LogP contribution is 2.35. The minimum Gasteiger partial charge on any atom is -0.497 e. The van der Waals surface area contributed by atoms with Crippen molar-refractivity contribution in [3.05, 3.63) is 71.1 Å². The zero-order valence-corrected chi connectivity index (χ0v) is 13.2. The first-order valence-electron chi connectivity index (χ1n) is 7.24. The van der Waals surface area contributed by atoms with Crippen molar-refractivity contribution in [1.82, 2.24) is 0 Å². The molecule has 3 rings (SSSR count). The Morgan fingerprint density at radius 2 is 1.79 bits per heavy atom. The third-order valence-electron chi connectivity index (χ3n) is 3.59. The normalized spacial score (nSPS) is 15.2. The van der Waals surface area contributed by atoms with Crippen LogP contribution in [0.2, 0.25) is 0 Å². The SMILES string of the molecule is COc1ccc(C2=C/C(=C\c3ccc(F)cc3)C(=O)O2)c(OC)c1. The van der Waals surface area contributed by atoms with Crippen molar-refractivity contribution in [1.29, 1.82) is 0 Å². The molecule has 1 aliphatic rings. The molecule has 0 amide bonds. The van der Waals surface area contributed by atoms with Gasteiger partial charge >= 0.3 is 5.97 Å². The fourth-order valence-corrected chi connectivity index (χ4v) is 2.36. The lowest BCUT2D eigenvalue weighted by Gasteiger charge is -2.10. The van der Waals surface area contributed by atoms with Gasteiger partial charge in [0, 0.05) is 6.07 Å². The summed E-state index contributed by atoms with van der Waals surface area (Å²) in [4.78, 5) is 12.1. The van der Waals surface area contributed by atoms with Gasteiger partial charge in [-0.1, -0.05) is 12.1 Å². The molecule has 2 aromatic rings. The molecule has 0 bridgehead atoms. The molecule has 0 radical (unpaired) electrons. The zero-order valence-electron chi connectivity index (χ0n) is 13.2. The van der Waals surface area contributed by atoms with E-state index < -0.39 is 5.97 Å². The predicted octanol–water partition coefficient (Wildman–Crippen LogP) is 3.82. The molecular formula is C19H15FO4. The van der Waals surface area contributed by atoms with Crippen molar-refractivity contribution in [2.75, 3.05) is 14.2 Å². The third-order valence-corrected chi connectivity index (χ3v) is 3.59. The van der Waals surface area contributed by atoms with Crippen molar-refractivity contribution >= 4 is 17.8 Å². The van der Waals surface area contributed by atoms with E-state index in [1.54, 1.807) is 49.6 Å². The lowest BCUT2D eigenvalue weighted by atomic mass is 10.1. The van der Waals surface area contributed by atoms with E-state index in [0.717, 1.165) is 0 Å². The van der Waals surface area contributed by atoms with E-state index in [4.69, 9.17) is 14.2 Å². The summed E-state index contributed by atoms with van der Waals surface area (Å²) in [5, 5.41) is 0. The Hall–Kier alpha value is -3.08. The number of carbonyl (C=O) groups is 1. The summed E-state index contributed by atoms with van der Waals surface area (Å²) in [6.07, 6.45) is 3.28. The summed E-state index contributed by atoms with van der Waals surface area (Å²) in [6, 6.07) is 11.1. The molecule has 24 heavy (non-hydrogen) atoms. The maximum absolute atomic E-state index is 13.0. The highest BCUT2D eigenvalue weighted by molar-refractivity contribution is 6.05. The Labute approximate surface area is 138 Å². The number of halogens is 1. The first-order valence-corrected chi connectivity index (χ1v) is 7.24. The van der Waals surface area contributed by atoms with Gasteiger partial charge in [0.05, 0.1) is 25.4 Å². The molecule has 122 valence electrons. The van der Waals surface area contributed by atoms with Crippen LogP contribution in [0.15, 0.2) is 54.1 Å². The maximum Gasteiger partial charge on any atom is 0.343 e. The molecule has 1 heterocycles. The lowest BCUT2D eigenvalue weighted by Crippen LogP contribution is -1.98. The summed E-state index contributed by atoms with van der Waals surface area (Å²) < 4.78 is 28.8. The highest BCUT2D eigenvalue weighted by Gasteiger charge is 2.24. The Bertz CT molecular complexity index is 835. The molecular weight excluding hydrogens is 311 g/mol. The largest absolute Gasteiger partial charge is 0.497 e. The third kappa shape index (κ3) is 3.15. The lowest BCUT2D eigenvalue weighted by molar-refractivity contribution is -0.130. The number of rotatable bonds is 4. The number of hydrogen-bond acceptors (Lipinski definition) is 4. The number of hydrogen-bond donors (Lipinski definition) is 0. The van der Waals surface area contributed by atoms with E-state index in [0.29, 0.717) is 34.0 Å². The van der Waals surface area contributed by atoms with Crippen LogP contribution < -0.4 is 9.47 Å². The predicted molar refractivity (Wildman–Crippen MR) is 88.0 cm³/mol. The first-order chi connectivity index (χ1) is 11.6. The van der Waals surface area contributed by atoms with Gasteiger partial charge in [-0.05, 0) is 42.0 Å². The van der Waals surface area contributed by atoms with Crippen LogP contribution in [-0.2, 0) is 9.53 Å². The van der Waals surface area contributed by atoms with Gasteiger partial charge in [0.2, 0.25) is 0 Å². The molecule has 0 spiro atoms. The Morgan fingerprint density at radius 1 is 1.04 bits per heavy atom. The minimum atomic E-state index is -0.466. The number of cyclic esters (lactones) is 1. The van der Waals surface area contributed by atoms with Crippen molar-refractivity contribution in [3.63, 3.8) is 0 Å². The van der Waals surface area contributed by atoms with Crippen LogP contribution in [-0.4, -0.2) is 20.2 Å². The smallest absolute Gasteiger partial charge is 0.343 e. The Balaban J connectivity index is 1.96. The number of carbonyl (C=O) groups excluding carboxylic acids is 1. The van der Waals surface area contributed by atoms with E-state index >= 15 is 0 Å². The maximum atomic E-state index is 13.0. The monoisotopic (exact) mass is 326 g/mol. The summed E-state index contributed by atoms with van der Waals surface area (Å²) in [6.45, 7) is 0. The van der Waals surface area contributed by atoms with E-state index in [-0.39, 0.29) is 5.82 Å². The summed E-state index contributed by atoms with van der Waals surface area (Å²) in [5.41, 5.74) is 1.74.